The van der Waals surface area contributed by atoms with E-state index in [1.807, 2.05) is 0 Å². The number of hydrogen-bond donors (Lipinski definition) is 0. The van der Waals surface area contributed by atoms with Crippen molar-refractivity contribution >= 4 is 28.5 Å². The summed E-state index contributed by atoms with van der Waals surface area (Å²) in [5.74, 6) is -1.37. The molecule has 0 aliphatic rings. The number of ether oxygens (including phenoxy) is 1. The molecule has 0 atom stereocenters. The summed E-state index contributed by atoms with van der Waals surface area (Å²) in [6.07, 6.45) is 0. The number of fused-ring (bicyclic) bond motifs is 1. The van der Waals surface area contributed by atoms with E-state index in [9.17, 15) is 14.0 Å². The highest BCUT2D eigenvalue weighted by Crippen LogP contribution is 2.26. The van der Waals surface area contributed by atoms with Gasteiger partial charge in [0.1, 0.15) is 17.1 Å². The van der Waals surface area contributed by atoms with Gasteiger partial charge < -0.3 is 9.15 Å². The number of esters is 1. The standard InChI is InChI=1S/C22H12ClFO4/c23-15-8-5-13(6-9-15)18-11-14-7-10-16(12-20(14)28-22(18)26)27-21(25)17-3-1-2-4-19(17)24/h1-12H. The Hall–Kier alpha value is -3.44. The van der Waals surface area contributed by atoms with Crippen LogP contribution in [-0.4, -0.2) is 5.97 Å². The summed E-state index contributed by atoms with van der Waals surface area (Å²) in [5.41, 5.74) is 0.603. The second-order valence-electron chi connectivity index (χ2n) is 6.02. The fourth-order valence-corrected chi connectivity index (χ4v) is 2.90. The van der Waals surface area contributed by atoms with Crippen molar-refractivity contribution in [2.75, 3.05) is 0 Å². The summed E-state index contributed by atoms with van der Waals surface area (Å²) >= 11 is 5.88. The minimum absolute atomic E-state index is 0.142. The summed E-state index contributed by atoms with van der Waals surface area (Å²) in [5, 5.41) is 1.21. The van der Waals surface area contributed by atoms with Crippen LogP contribution in [0, 0.1) is 5.82 Å². The molecular weight excluding hydrogens is 383 g/mol. The Labute approximate surface area is 163 Å². The number of carbonyl (C=O) groups is 1. The Morgan fingerprint density at radius 3 is 2.46 bits per heavy atom. The van der Waals surface area contributed by atoms with Crippen molar-refractivity contribution in [2.24, 2.45) is 0 Å². The number of hydrogen-bond acceptors (Lipinski definition) is 4. The van der Waals surface area contributed by atoms with Crippen LogP contribution in [-0.2, 0) is 0 Å². The van der Waals surface area contributed by atoms with E-state index < -0.39 is 17.4 Å². The van der Waals surface area contributed by atoms with Gasteiger partial charge in [0.2, 0.25) is 0 Å². The van der Waals surface area contributed by atoms with Crippen molar-refractivity contribution < 1.29 is 18.3 Å². The van der Waals surface area contributed by atoms with Gasteiger partial charge in [0, 0.05) is 16.5 Å². The van der Waals surface area contributed by atoms with Gasteiger partial charge >= 0.3 is 11.6 Å². The van der Waals surface area contributed by atoms with E-state index >= 15 is 0 Å². The van der Waals surface area contributed by atoms with Crippen molar-refractivity contribution in [1.29, 1.82) is 0 Å². The molecule has 0 bridgehead atoms. The summed E-state index contributed by atoms with van der Waals surface area (Å²) in [6.45, 7) is 0. The summed E-state index contributed by atoms with van der Waals surface area (Å²) in [6, 6.07) is 18.7. The van der Waals surface area contributed by atoms with Crippen molar-refractivity contribution in [1.82, 2.24) is 0 Å². The van der Waals surface area contributed by atoms with Crippen molar-refractivity contribution in [2.45, 2.75) is 0 Å². The zero-order valence-electron chi connectivity index (χ0n) is 14.3. The van der Waals surface area contributed by atoms with Gasteiger partial charge in [-0.25, -0.2) is 14.0 Å². The minimum Gasteiger partial charge on any atom is -0.423 e. The maximum atomic E-state index is 13.7. The lowest BCUT2D eigenvalue weighted by molar-refractivity contribution is 0.0730. The molecule has 4 rings (SSSR count). The van der Waals surface area contributed by atoms with E-state index in [2.05, 4.69) is 0 Å². The predicted molar refractivity (Wildman–Crippen MR) is 104 cm³/mol. The Bertz CT molecular complexity index is 1250. The van der Waals surface area contributed by atoms with E-state index in [4.69, 9.17) is 20.8 Å². The molecule has 3 aromatic carbocycles. The SMILES string of the molecule is O=C(Oc1ccc2cc(-c3ccc(Cl)cc3)c(=O)oc2c1)c1ccccc1F. The van der Waals surface area contributed by atoms with Crippen LogP contribution in [0.5, 0.6) is 5.75 Å². The third kappa shape index (κ3) is 3.52. The largest absolute Gasteiger partial charge is 0.423 e. The molecule has 28 heavy (non-hydrogen) atoms. The van der Waals surface area contributed by atoms with Crippen molar-refractivity contribution in [3.05, 3.63) is 99.6 Å². The zero-order chi connectivity index (χ0) is 19.7. The molecule has 0 N–H and O–H groups in total. The summed E-state index contributed by atoms with van der Waals surface area (Å²) in [4.78, 5) is 24.5. The lowest BCUT2D eigenvalue weighted by atomic mass is 10.1. The molecule has 138 valence electrons. The van der Waals surface area contributed by atoms with Crippen LogP contribution in [0.25, 0.3) is 22.1 Å². The topological polar surface area (TPSA) is 56.5 Å². The predicted octanol–water partition coefficient (Wildman–Crippen LogP) is 5.47. The van der Waals surface area contributed by atoms with Gasteiger partial charge in [-0.1, -0.05) is 35.9 Å². The van der Waals surface area contributed by atoms with Gasteiger partial charge in [-0.05, 0) is 48.0 Å². The molecule has 4 aromatic rings. The maximum Gasteiger partial charge on any atom is 0.346 e. The molecule has 0 radical (unpaired) electrons. The third-order valence-corrected chi connectivity index (χ3v) is 4.42. The first-order chi connectivity index (χ1) is 13.5. The van der Waals surface area contributed by atoms with Crippen molar-refractivity contribution in [3.63, 3.8) is 0 Å². The molecule has 6 heteroatoms. The third-order valence-electron chi connectivity index (χ3n) is 4.17. The number of rotatable bonds is 3. The van der Waals surface area contributed by atoms with E-state index in [1.54, 1.807) is 42.5 Å². The molecule has 4 nitrogen and oxygen atoms in total. The van der Waals surface area contributed by atoms with Crippen molar-refractivity contribution in [3.8, 4) is 16.9 Å². The Morgan fingerprint density at radius 1 is 0.964 bits per heavy atom. The average Bonchev–Trinajstić information content (AvgIpc) is 2.68. The lowest BCUT2D eigenvalue weighted by Crippen LogP contribution is -2.10. The Kier molecular flexibility index (Phi) is 4.67. The molecular formula is C22H12ClFO4. The van der Waals surface area contributed by atoms with Gasteiger partial charge in [0.05, 0.1) is 11.1 Å². The first-order valence-corrected chi connectivity index (χ1v) is 8.69. The summed E-state index contributed by atoms with van der Waals surface area (Å²) < 4.78 is 24.3. The molecule has 0 unspecified atom stereocenters. The molecule has 0 spiro atoms. The quantitative estimate of drug-likeness (QED) is 0.262. The van der Waals surface area contributed by atoms with Crippen LogP contribution in [0.3, 0.4) is 0 Å². The first kappa shape index (κ1) is 17.9. The molecule has 0 amide bonds. The molecule has 0 saturated carbocycles. The molecule has 0 fully saturated rings. The maximum absolute atomic E-state index is 13.7. The number of carbonyl (C=O) groups excluding carboxylic acids is 1. The Morgan fingerprint density at radius 2 is 1.71 bits per heavy atom. The second-order valence-corrected chi connectivity index (χ2v) is 6.46. The average molecular weight is 395 g/mol. The van der Waals surface area contributed by atoms with Crippen LogP contribution in [0.2, 0.25) is 5.02 Å². The van der Waals surface area contributed by atoms with E-state index in [-0.39, 0.29) is 16.9 Å². The minimum atomic E-state index is -0.836. The highest BCUT2D eigenvalue weighted by molar-refractivity contribution is 6.30. The van der Waals surface area contributed by atoms with Crippen LogP contribution in [0.15, 0.2) is 82.0 Å². The van der Waals surface area contributed by atoms with E-state index in [0.29, 0.717) is 21.5 Å². The van der Waals surface area contributed by atoms with Crippen LogP contribution in [0.4, 0.5) is 4.39 Å². The van der Waals surface area contributed by atoms with Crippen LogP contribution < -0.4 is 10.4 Å². The molecule has 0 aliphatic heterocycles. The number of halogens is 2. The van der Waals surface area contributed by atoms with Crippen LogP contribution in [0.1, 0.15) is 10.4 Å². The first-order valence-electron chi connectivity index (χ1n) is 8.32. The highest BCUT2D eigenvalue weighted by atomic mass is 35.5. The fraction of sp³-hybridized carbons (Fsp3) is 0. The van der Waals surface area contributed by atoms with Gasteiger partial charge in [0.15, 0.2) is 0 Å². The van der Waals surface area contributed by atoms with E-state index in [1.165, 1.54) is 30.3 Å². The van der Waals surface area contributed by atoms with Crippen LogP contribution >= 0.6 is 11.6 Å². The van der Waals surface area contributed by atoms with Gasteiger partial charge in [-0.15, -0.1) is 0 Å². The zero-order valence-corrected chi connectivity index (χ0v) is 15.1. The lowest BCUT2D eigenvalue weighted by Gasteiger charge is -2.07. The fourth-order valence-electron chi connectivity index (χ4n) is 2.77. The van der Waals surface area contributed by atoms with Gasteiger partial charge in [0.25, 0.3) is 0 Å². The molecule has 1 heterocycles. The number of benzene rings is 3. The monoisotopic (exact) mass is 394 g/mol. The smallest absolute Gasteiger partial charge is 0.346 e. The second kappa shape index (κ2) is 7.29. The van der Waals surface area contributed by atoms with Gasteiger partial charge in [-0.3, -0.25) is 0 Å². The van der Waals surface area contributed by atoms with Gasteiger partial charge in [-0.2, -0.15) is 0 Å². The summed E-state index contributed by atoms with van der Waals surface area (Å²) in [7, 11) is 0. The normalized spacial score (nSPS) is 10.8. The molecule has 1 aromatic heterocycles. The molecule has 0 aliphatic carbocycles. The highest BCUT2D eigenvalue weighted by Gasteiger charge is 2.14. The Balaban J connectivity index is 1.67. The van der Waals surface area contributed by atoms with E-state index in [0.717, 1.165) is 0 Å². The molecule has 0 saturated heterocycles.